The van der Waals surface area contributed by atoms with E-state index in [0.29, 0.717) is 0 Å². The number of fused-ring (bicyclic) bond motifs is 4. The number of anilines is 12. The van der Waals surface area contributed by atoms with E-state index in [1.165, 1.54) is 0 Å². The van der Waals surface area contributed by atoms with Crippen molar-refractivity contribution in [2.45, 2.75) is 27.7 Å². The molecule has 0 aliphatic heterocycles. The molecule has 4 aromatic heterocycles. The van der Waals surface area contributed by atoms with Gasteiger partial charge in [0, 0.05) is 76.6 Å². The van der Waals surface area contributed by atoms with Gasteiger partial charge in [-0.15, -0.1) is 0 Å². The van der Waals surface area contributed by atoms with Crippen LogP contribution in [-0.4, -0.2) is 18.3 Å². The van der Waals surface area contributed by atoms with Gasteiger partial charge in [0.2, 0.25) is 0 Å². The first-order chi connectivity index (χ1) is 53.3. The first kappa shape index (κ1) is 63.6. The molecule has 0 aliphatic rings. The first-order valence-electron chi connectivity index (χ1n) is 37.2. The lowest BCUT2D eigenvalue weighted by Crippen LogP contribution is -2.20. The Morgan fingerprint density at radius 3 is 0.593 bits per heavy atom. The van der Waals surface area contributed by atoms with Crippen LogP contribution in [0.2, 0.25) is 0 Å². The predicted octanol–water partition coefficient (Wildman–Crippen LogP) is 27.5. The van der Waals surface area contributed by atoms with E-state index in [4.69, 9.17) is 0 Å². The zero-order valence-electron chi connectivity index (χ0n) is 60.4. The summed E-state index contributed by atoms with van der Waals surface area (Å²) in [5.41, 5.74) is 21.4. The van der Waals surface area contributed by atoms with E-state index in [2.05, 4.69) is 442 Å². The molecular formula is C100H74N8. The second-order valence-electron chi connectivity index (χ2n) is 28.3. The van der Waals surface area contributed by atoms with E-state index in [-0.39, 0.29) is 0 Å². The molecule has 0 unspecified atom stereocenters. The summed E-state index contributed by atoms with van der Waals surface area (Å²) in [7, 11) is 0. The maximum absolute atomic E-state index is 2.57. The lowest BCUT2D eigenvalue weighted by atomic mass is 9.89. The minimum absolute atomic E-state index is 0.999. The maximum Gasteiger partial charge on any atom is 0.123 e. The maximum atomic E-state index is 2.57. The molecule has 4 heterocycles. The molecule has 0 bridgehead atoms. The second kappa shape index (κ2) is 26.0. The molecule has 16 aromatic carbocycles. The summed E-state index contributed by atoms with van der Waals surface area (Å²) in [5, 5.41) is 11.1. The highest BCUT2D eigenvalue weighted by Crippen LogP contribution is 2.58. The van der Waals surface area contributed by atoms with E-state index in [0.717, 1.165) is 190 Å². The summed E-state index contributed by atoms with van der Waals surface area (Å²) >= 11 is 0. The monoisotopic (exact) mass is 1390 g/mol. The van der Waals surface area contributed by atoms with Crippen LogP contribution >= 0.6 is 0 Å². The molecule has 0 N–H and O–H groups in total. The molecule has 0 amide bonds. The molecule has 514 valence electrons. The molecule has 108 heavy (non-hydrogen) atoms. The average Bonchev–Trinajstić information content (AvgIpc) is 0.894. The van der Waals surface area contributed by atoms with Gasteiger partial charge in [0.15, 0.2) is 0 Å². The molecule has 20 aromatic rings. The summed E-state index contributed by atoms with van der Waals surface area (Å²) < 4.78 is 9.83. The van der Waals surface area contributed by atoms with Crippen molar-refractivity contribution in [2.24, 2.45) is 0 Å². The van der Waals surface area contributed by atoms with Gasteiger partial charge < -0.3 is 0 Å². The second-order valence-corrected chi connectivity index (χ2v) is 28.3. The number of hydrogen-bond donors (Lipinski definition) is 0. The Bertz CT molecular complexity index is 6010. The zero-order chi connectivity index (χ0) is 72.1. The van der Waals surface area contributed by atoms with Crippen molar-refractivity contribution in [1.82, 2.24) is 18.3 Å². The minimum Gasteiger partial charge on any atom is -0.296 e. The summed E-state index contributed by atoms with van der Waals surface area (Å²) in [6.07, 6.45) is 0. The zero-order valence-corrected chi connectivity index (χ0v) is 60.4. The summed E-state index contributed by atoms with van der Waals surface area (Å²) in [6, 6.07) is 139. The van der Waals surface area contributed by atoms with Crippen molar-refractivity contribution in [3.8, 4) is 22.7 Å². The van der Waals surface area contributed by atoms with Crippen molar-refractivity contribution in [2.75, 3.05) is 19.6 Å². The molecule has 8 heteroatoms. The number of aromatic nitrogens is 4. The normalized spacial score (nSPS) is 11.7. The van der Waals surface area contributed by atoms with E-state index >= 15 is 0 Å². The van der Waals surface area contributed by atoms with Crippen LogP contribution in [0.25, 0.3) is 98.7 Å². The first-order valence-corrected chi connectivity index (χ1v) is 37.2. The third kappa shape index (κ3) is 10.3. The molecular weight excluding hydrogens is 1310 g/mol. The van der Waals surface area contributed by atoms with Crippen LogP contribution in [-0.2, 0) is 0 Å². The van der Waals surface area contributed by atoms with Crippen LogP contribution < -0.4 is 19.6 Å². The summed E-state index contributed by atoms with van der Waals surface area (Å²) in [6.45, 7) is 9.04. The third-order valence-corrected chi connectivity index (χ3v) is 21.9. The van der Waals surface area contributed by atoms with Crippen molar-refractivity contribution in [3.63, 3.8) is 0 Å². The fourth-order valence-electron chi connectivity index (χ4n) is 17.0. The Morgan fingerprint density at radius 1 is 0.176 bits per heavy atom. The van der Waals surface area contributed by atoms with E-state index in [9.17, 15) is 0 Å². The van der Waals surface area contributed by atoms with E-state index in [1.807, 2.05) is 0 Å². The van der Waals surface area contributed by atoms with Gasteiger partial charge in [-0.2, -0.15) is 0 Å². The van der Waals surface area contributed by atoms with Crippen LogP contribution in [0.1, 0.15) is 22.3 Å². The summed E-state index contributed by atoms with van der Waals surface area (Å²) in [5.74, 6) is 4.00. The van der Waals surface area contributed by atoms with Crippen molar-refractivity contribution >= 4 is 145 Å². The van der Waals surface area contributed by atoms with Crippen molar-refractivity contribution in [3.05, 3.63) is 398 Å². The molecule has 0 aliphatic carbocycles. The number of rotatable bonds is 16. The van der Waals surface area contributed by atoms with Crippen LogP contribution in [0.15, 0.2) is 376 Å². The van der Waals surface area contributed by atoms with Crippen LogP contribution in [0.3, 0.4) is 0 Å². The molecule has 8 nitrogen and oxygen atoms in total. The fourth-order valence-corrected chi connectivity index (χ4v) is 17.0. The van der Waals surface area contributed by atoms with Gasteiger partial charge in [-0.25, -0.2) is 0 Å². The van der Waals surface area contributed by atoms with Crippen molar-refractivity contribution < 1.29 is 0 Å². The quantitative estimate of drug-likeness (QED) is 0.0903. The summed E-state index contributed by atoms with van der Waals surface area (Å²) in [4.78, 5) is 10.3. The Labute approximate surface area is 627 Å². The molecule has 0 spiro atoms. The highest BCUT2D eigenvalue weighted by molar-refractivity contribution is 6.33. The molecule has 0 fully saturated rings. The Hall–Kier alpha value is -14.1. The standard InChI is InChI=1S/C100H74N8/c1-67-33-17-25-49-83(67)105(95-61-71-37-21-29-53-87(71)101(95)75-41-9-5-10-42-75)91-65-92(106(84-50-26-18-34-68(84)2)96-62-72-38-22-30-54-88(72)102(96)76-43-11-6-12-44-76)80-59-60-82-94(108(86-52-28-20-36-70(86)4)98-64-74-40-24-32-56-90(74)104(98)78-47-15-8-16-48-78)66-93(81-58-57-79(91)99(80)100(81)82)107(85-51-27-19-35-69(85)3)97-63-73-39-23-31-55-89(73)103(97)77-45-13-7-14-46-77/h5-66H,1-4H3. The van der Waals surface area contributed by atoms with Gasteiger partial charge in [-0.05, 0) is 183 Å². The van der Waals surface area contributed by atoms with Crippen LogP contribution in [0.4, 0.5) is 68.8 Å². The highest BCUT2D eigenvalue weighted by atomic mass is 15.3. The molecule has 20 rings (SSSR count). The predicted molar refractivity (Wildman–Crippen MR) is 455 cm³/mol. The Kier molecular flexibility index (Phi) is 15.3. The molecule has 0 saturated carbocycles. The number of benzene rings is 16. The molecule has 0 atom stereocenters. The van der Waals surface area contributed by atoms with E-state index < -0.39 is 0 Å². The number of para-hydroxylation sites is 12. The van der Waals surface area contributed by atoms with Gasteiger partial charge in [0.1, 0.15) is 23.3 Å². The number of nitrogens with zero attached hydrogens (tertiary/aromatic N) is 8. The minimum atomic E-state index is 0.999. The Morgan fingerprint density at radius 2 is 0.370 bits per heavy atom. The number of hydrogen-bond acceptors (Lipinski definition) is 4. The molecule has 0 saturated heterocycles. The largest absolute Gasteiger partial charge is 0.296 e. The van der Waals surface area contributed by atoms with Gasteiger partial charge in [-0.1, -0.05) is 243 Å². The smallest absolute Gasteiger partial charge is 0.123 e. The van der Waals surface area contributed by atoms with Crippen LogP contribution in [0, 0.1) is 27.7 Å². The van der Waals surface area contributed by atoms with Gasteiger partial charge in [-0.3, -0.25) is 37.9 Å². The average molecular weight is 1390 g/mol. The van der Waals surface area contributed by atoms with E-state index in [1.54, 1.807) is 0 Å². The van der Waals surface area contributed by atoms with Crippen LogP contribution in [0.5, 0.6) is 0 Å². The molecule has 0 radical (unpaired) electrons. The Balaban J connectivity index is 1.02. The highest BCUT2D eigenvalue weighted by Gasteiger charge is 2.34. The topological polar surface area (TPSA) is 32.7 Å². The number of aryl methyl sites for hydroxylation is 4. The lowest BCUT2D eigenvalue weighted by Gasteiger charge is -2.35. The van der Waals surface area contributed by atoms with Gasteiger partial charge in [0.25, 0.3) is 0 Å². The fraction of sp³-hybridized carbons (Fsp3) is 0.0400. The van der Waals surface area contributed by atoms with Crippen molar-refractivity contribution in [1.29, 1.82) is 0 Å². The third-order valence-electron chi connectivity index (χ3n) is 21.9. The SMILES string of the molecule is Cc1ccccc1N(c1cc(N(c2ccccc2C)c2cc3ccccc3n2-c2ccccc2)c2ccc3c(N(c4ccccc4C)c4cc5ccccc5n4-c4ccccc4)cc(N(c4ccccc4C)c4cc5ccccc5n4-c4ccccc4)c4ccc1c2c43)c1cc2ccccc2n1-c1ccccc1. The lowest BCUT2D eigenvalue weighted by molar-refractivity contribution is 1.06. The van der Waals surface area contributed by atoms with Gasteiger partial charge >= 0.3 is 0 Å². The van der Waals surface area contributed by atoms with Gasteiger partial charge in [0.05, 0.1) is 67.6 Å².